The second-order valence-electron chi connectivity index (χ2n) is 7.18. The van der Waals surface area contributed by atoms with Crippen LogP contribution in [-0.2, 0) is 24.1 Å². The van der Waals surface area contributed by atoms with Crippen LogP contribution in [0.4, 0.5) is 13.2 Å². The highest BCUT2D eigenvalue weighted by molar-refractivity contribution is 5.80. The molecule has 4 nitrogen and oxygen atoms in total. The van der Waals surface area contributed by atoms with E-state index in [1.54, 1.807) is 18.5 Å². The summed E-state index contributed by atoms with van der Waals surface area (Å²) in [6, 6.07) is 9.42. The van der Waals surface area contributed by atoms with Crippen molar-refractivity contribution in [1.29, 1.82) is 0 Å². The Morgan fingerprint density at radius 1 is 1.07 bits per heavy atom. The van der Waals surface area contributed by atoms with Crippen molar-refractivity contribution >= 4 is 5.91 Å². The zero-order chi connectivity index (χ0) is 19.0. The second kappa shape index (κ2) is 6.96. The number of hydrogen-bond acceptors (Lipinski definition) is 3. The molecule has 0 saturated carbocycles. The van der Waals surface area contributed by atoms with Crippen LogP contribution in [0.1, 0.15) is 29.5 Å². The highest BCUT2D eigenvalue weighted by Crippen LogP contribution is 2.35. The molecule has 0 aliphatic carbocycles. The van der Waals surface area contributed by atoms with Crippen LogP contribution in [0.5, 0.6) is 0 Å². The van der Waals surface area contributed by atoms with Crippen molar-refractivity contribution in [3.05, 3.63) is 65.5 Å². The number of fused-ring (bicyclic) bond motifs is 1. The third-order valence-electron chi connectivity index (χ3n) is 5.45. The van der Waals surface area contributed by atoms with E-state index in [9.17, 15) is 18.0 Å². The molecule has 0 N–H and O–H groups in total. The number of hydrogen-bond donors (Lipinski definition) is 0. The lowest BCUT2D eigenvalue weighted by Gasteiger charge is -2.25. The minimum Gasteiger partial charge on any atom is -0.334 e. The number of likely N-dealkylation sites (tertiary alicyclic amines) is 2. The summed E-state index contributed by atoms with van der Waals surface area (Å²) in [6.45, 7) is 1.74. The fourth-order valence-corrected chi connectivity index (χ4v) is 4.18. The predicted octanol–water partition coefficient (Wildman–Crippen LogP) is 3.48. The van der Waals surface area contributed by atoms with Gasteiger partial charge in [-0.15, -0.1) is 0 Å². The van der Waals surface area contributed by atoms with Gasteiger partial charge >= 0.3 is 6.18 Å². The molecule has 7 heteroatoms. The lowest BCUT2D eigenvalue weighted by molar-refractivity contribution is -0.137. The Morgan fingerprint density at radius 2 is 1.89 bits per heavy atom. The molecule has 0 spiro atoms. The molecule has 2 aliphatic rings. The number of alkyl halides is 3. The lowest BCUT2D eigenvalue weighted by atomic mass is 10.1. The molecule has 2 aliphatic heterocycles. The Balaban J connectivity index is 1.46. The molecular formula is C20H20F3N3O. The zero-order valence-electron chi connectivity index (χ0n) is 14.7. The number of benzene rings is 1. The summed E-state index contributed by atoms with van der Waals surface area (Å²) in [5, 5.41) is 0. The fourth-order valence-electron chi connectivity index (χ4n) is 4.18. The molecule has 0 radical (unpaired) electrons. The highest BCUT2D eigenvalue weighted by Gasteiger charge is 2.46. The first-order valence-corrected chi connectivity index (χ1v) is 9.00. The highest BCUT2D eigenvalue weighted by atomic mass is 19.4. The monoisotopic (exact) mass is 375 g/mol. The Kier molecular flexibility index (Phi) is 4.63. The number of pyridine rings is 1. The van der Waals surface area contributed by atoms with E-state index in [0.717, 1.165) is 24.6 Å². The van der Waals surface area contributed by atoms with Gasteiger partial charge in [0.2, 0.25) is 5.91 Å². The van der Waals surface area contributed by atoms with Crippen molar-refractivity contribution in [2.75, 3.05) is 6.54 Å². The van der Waals surface area contributed by atoms with E-state index >= 15 is 0 Å². The van der Waals surface area contributed by atoms with Crippen LogP contribution in [0, 0.1) is 0 Å². The average Bonchev–Trinajstić information content (AvgIpc) is 3.16. The topological polar surface area (TPSA) is 36.4 Å². The van der Waals surface area contributed by atoms with Crippen molar-refractivity contribution in [3.63, 3.8) is 0 Å². The molecule has 2 atom stereocenters. The van der Waals surface area contributed by atoms with Crippen LogP contribution in [0.3, 0.4) is 0 Å². The molecule has 4 rings (SSSR count). The van der Waals surface area contributed by atoms with Gasteiger partial charge in [0.25, 0.3) is 0 Å². The molecule has 1 aromatic heterocycles. The van der Waals surface area contributed by atoms with Gasteiger partial charge in [-0.3, -0.25) is 14.7 Å². The molecule has 2 aromatic rings. The van der Waals surface area contributed by atoms with Crippen molar-refractivity contribution < 1.29 is 18.0 Å². The summed E-state index contributed by atoms with van der Waals surface area (Å²) in [5.41, 5.74) is 0.989. The number of aromatic nitrogens is 1. The average molecular weight is 375 g/mol. The fraction of sp³-hybridized carbons (Fsp3) is 0.400. The minimum atomic E-state index is -4.34. The maximum absolute atomic E-state index is 12.9. The van der Waals surface area contributed by atoms with Gasteiger partial charge in [0.1, 0.15) is 0 Å². The first-order valence-electron chi connectivity index (χ1n) is 9.00. The largest absolute Gasteiger partial charge is 0.416 e. The predicted molar refractivity (Wildman–Crippen MR) is 93.5 cm³/mol. The van der Waals surface area contributed by atoms with Crippen LogP contribution in [0.15, 0.2) is 48.8 Å². The number of halogens is 3. The SMILES string of the molecule is O=C1C[C@H]2[C@H](CCN2Cc2cccc(C(F)(F)F)c2)N1Cc1cccnc1. The summed E-state index contributed by atoms with van der Waals surface area (Å²) in [7, 11) is 0. The van der Waals surface area contributed by atoms with Gasteiger partial charge in [-0.1, -0.05) is 24.3 Å². The van der Waals surface area contributed by atoms with Gasteiger partial charge in [-0.2, -0.15) is 13.2 Å². The van der Waals surface area contributed by atoms with Crippen molar-refractivity contribution in [3.8, 4) is 0 Å². The Hall–Kier alpha value is -2.41. The Bertz CT molecular complexity index is 825. The normalized spacial score (nSPS) is 23.1. The summed E-state index contributed by atoms with van der Waals surface area (Å²) in [6.07, 6.45) is 0.382. The second-order valence-corrected chi connectivity index (χ2v) is 7.18. The molecule has 1 amide bonds. The number of carbonyl (C=O) groups is 1. The number of amides is 1. The lowest BCUT2D eigenvalue weighted by Crippen LogP contribution is -2.36. The van der Waals surface area contributed by atoms with E-state index in [-0.39, 0.29) is 18.0 Å². The van der Waals surface area contributed by atoms with Crippen LogP contribution >= 0.6 is 0 Å². The molecule has 142 valence electrons. The van der Waals surface area contributed by atoms with E-state index in [0.29, 0.717) is 25.1 Å². The summed E-state index contributed by atoms with van der Waals surface area (Å²) < 4.78 is 38.8. The first-order chi connectivity index (χ1) is 12.9. The third kappa shape index (κ3) is 3.69. The van der Waals surface area contributed by atoms with Crippen LogP contribution < -0.4 is 0 Å². The molecule has 0 bridgehead atoms. The van der Waals surface area contributed by atoms with Crippen LogP contribution in [0.25, 0.3) is 0 Å². The smallest absolute Gasteiger partial charge is 0.334 e. The molecule has 1 aromatic carbocycles. The minimum absolute atomic E-state index is 0.0590. The molecular weight excluding hydrogens is 355 g/mol. The van der Waals surface area contributed by atoms with Gasteiger partial charge in [0, 0.05) is 50.5 Å². The molecule has 2 saturated heterocycles. The quantitative estimate of drug-likeness (QED) is 0.821. The third-order valence-corrected chi connectivity index (χ3v) is 5.45. The Labute approximate surface area is 155 Å². The van der Waals surface area contributed by atoms with E-state index in [1.165, 1.54) is 12.1 Å². The summed E-state index contributed by atoms with van der Waals surface area (Å²) in [5.74, 6) is 0.0996. The van der Waals surface area contributed by atoms with E-state index in [4.69, 9.17) is 0 Å². The van der Waals surface area contributed by atoms with Gasteiger partial charge in [0.15, 0.2) is 0 Å². The van der Waals surface area contributed by atoms with Gasteiger partial charge in [0.05, 0.1) is 5.56 Å². The van der Waals surface area contributed by atoms with Crippen molar-refractivity contribution in [2.45, 2.75) is 44.2 Å². The van der Waals surface area contributed by atoms with Gasteiger partial charge in [-0.05, 0) is 29.7 Å². The van der Waals surface area contributed by atoms with Gasteiger partial charge < -0.3 is 4.90 Å². The molecule has 27 heavy (non-hydrogen) atoms. The molecule has 2 fully saturated rings. The zero-order valence-corrected chi connectivity index (χ0v) is 14.7. The van der Waals surface area contributed by atoms with E-state index in [1.807, 2.05) is 17.0 Å². The number of rotatable bonds is 4. The maximum atomic E-state index is 12.9. The van der Waals surface area contributed by atoms with Crippen molar-refractivity contribution in [1.82, 2.24) is 14.8 Å². The summed E-state index contributed by atoms with van der Waals surface area (Å²) in [4.78, 5) is 20.6. The standard InChI is InChI=1S/C20H20F3N3O/c21-20(22,23)16-5-1-3-14(9-16)12-25-8-6-17-18(25)10-19(27)26(17)13-15-4-2-7-24-11-15/h1-5,7,9,11,17-18H,6,8,10,12-13H2/t17-,18-/m0/s1. The maximum Gasteiger partial charge on any atom is 0.416 e. The van der Waals surface area contributed by atoms with Crippen LogP contribution in [-0.4, -0.2) is 39.3 Å². The van der Waals surface area contributed by atoms with E-state index < -0.39 is 11.7 Å². The van der Waals surface area contributed by atoms with Crippen molar-refractivity contribution in [2.24, 2.45) is 0 Å². The Morgan fingerprint density at radius 3 is 2.63 bits per heavy atom. The first kappa shape index (κ1) is 18.0. The molecule has 3 heterocycles. The molecule has 0 unspecified atom stereocenters. The number of carbonyl (C=O) groups excluding carboxylic acids is 1. The van der Waals surface area contributed by atoms with E-state index in [2.05, 4.69) is 9.88 Å². The summed E-state index contributed by atoms with van der Waals surface area (Å²) >= 11 is 0. The van der Waals surface area contributed by atoms with Crippen LogP contribution in [0.2, 0.25) is 0 Å². The van der Waals surface area contributed by atoms with Gasteiger partial charge in [-0.25, -0.2) is 0 Å². The number of nitrogens with zero attached hydrogens (tertiary/aromatic N) is 3.